The Labute approximate surface area is 214 Å². The van der Waals surface area contributed by atoms with Crippen LogP contribution < -0.4 is 5.32 Å². The van der Waals surface area contributed by atoms with Gasteiger partial charge in [0.2, 0.25) is 0 Å². The number of pyridine rings is 1. The SMILES string of the molecule is CCNc1ccc(C#N)cc1.CN1C2=C(CCCC2)S/C1=C1\SC(=N)N(Cc2cccnc2)C1=O. The van der Waals surface area contributed by atoms with Crippen molar-refractivity contribution in [3.05, 3.63) is 80.5 Å². The predicted molar refractivity (Wildman–Crippen MR) is 143 cm³/mol. The monoisotopic (exact) mass is 504 g/mol. The van der Waals surface area contributed by atoms with E-state index >= 15 is 0 Å². The number of carbonyl (C=O) groups excluding carboxylic acids is 1. The van der Waals surface area contributed by atoms with Gasteiger partial charge in [0.1, 0.15) is 4.91 Å². The Morgan fingerprint density at radius 3 is 2.60 bits per heavy atom. The number of anilines is 1. The highest BCUT2D eigenvalue weighted by atomic mass is 32.2. The summed E-state index contributed by atoms with van der Waals surface area (Å²) in [5, 5.41) is 21.2. The minimum absolute atomic E-state index is 0.0666. The van der Waals surface area contributed by atoms with Gasteiger partial charge in [0.15, 0.2) is 5.17 Å². The van der Waals surface area contributed by atoms with Gasteiger partial charge in [-0.2, -0.15) is 5.26 Å². The first-order valence-electron chi connectivity index (χ1n) is 11.6. The molecule has 1 fully saturated rings. The van der Waals surface area contributed by atoms with Gasteiger partial charge in [0.25, 0.3) is 5.91 Å². The van der Waals surface area contributed by atoms with Crippen molar-refractivity contribution in [3.8, 4) is 6.07 Å². The number of amidine groups is 1. The van der Waals surface area contributed by atoms with Crippen LogP contribution in [-0.2, 0) is 11.3 Å². The number of aromatic nitrogens is 1. The average Bonchev–Trinajstić information content (AvgIpc) is 3.37. The highest BCUT2D eigenvalue weighted by molar-refractivity contribution is 8.19. The van der Waals surface area contributed by atoms with Crippen LogP contribution in [0, 0.1) is 16.7 Å². The van der Waals surface area contributed by atoms with E-state index in [2.05, 4.69) is 21.3 Å². The van der Waals surface area contributed by atoms with Crippen LogP contribution in [0.2, 0.25) is 0 Å². The highest BCUT2D eigenvalue weighted by Gasteiger charge is 2.39. The highest BCUT2D eigenvalue weighted by Crippen LogP contribution is 2.50. The molecule has 0 unspecified atom stereocenters. The predicted octanol–water partition coefficient (Wildman–Crippen LogP) is 5.72. The minimum atomic E-state index is -0.0666. The summed E-state index contributed by atoms with van der Waals surface area (Å²) in [6, 6.07) is 13.3. The Morgan fingerprint density at radius 2 is 1.94 bits per heavy atom. The zero-order valence-electron chi connectivity index (χ0n) is 19.9. The van der Waals surface area contributed by atoms with E-state index in [1.807, 2.05) is 38.2 Å². The van der Waals surface area contributed by atoms with Crippen LogP contribution in [0.25, 0.3) is 0 Å². The quantitative estimate of drug-likeness (QED) is 0.515. The second kappa shape index (κ2) is 11.5. The molecule has 1 aromatic heterocycles. The molecule has 0 spiro atoms. The first-order chi connectivity index (χ1) is 17.0. The average molecular weight is 505 g/mol. The molecular weight excluding hydrogens is 476 g/mol. The lowest BCUT2D eigenvalue weighted by Gasteiger charge is -2.20. The molecule has 2 N–H and O–H groups in total. The number of thioether (sulfide) groups is 2. The Kier molecular flexibility index (Phi) is 8.16. The standard InChI is InChI=1S/C17H18N4OS2.C9H10N2/c1-20-12-6-2-3-7-13(12)23-16(20)14-15(22)21(17(18)24-14)10-11-5-4-8-19-9-11;1-2-11-9-5-3-8(7-10)4-6-9/h4-5,8-9,18H,2-3,6-7,10H2,1H3;3-6,11H,2H2,1H3/b16-14-,18-17?;. The second-order valence-electron chi connectivity index (χ2n) is 8.25. The van der Waals surface area contributed by atoms with Crippen molar-refractivity contribution in [3.63, 3.8) is 0 Å². The number of rotatable bonds is 4. The van der Waals surface area contributed by atoms with Crippen LogP contribution in [0.4, 0.5) is 5.69 Å². The fraction of sp³-hybridized carbons (Fsp3) is 0.308. The molecule has 0 bridgehead atoms. The van der Waals surface area contributed by atoms with Gasteiger partial charge in [-0.3, -0.25) is 20.1 Å². The van der Waals surface area contributed by atoms with Crippen molar-refractivity contribution in [1.29, 1.82) is 10.7 Å². The maximum Gasteiger partial charge on any atom is 0.269 e. The maximum atomic E-state index is 12.9. The summed E-state index contributed by atoms with van der Waals surface area (Å²) in [5.74, 6) is -0.0666. The van der Waals surface area contributed by atoms with Crippen LogP contribution in [0.15, 0.2) is 69.3 Å². The Balaban J connectivity index is 0.000000221. The fourth-order valence-electron chi connectivity index (χ4n) is 4.06. The molecule has 9 heteroatoms. The molecule has 3 heterocycles. The largest absolute Gasteiger partial charge is 0.385 e. The topological polar surface area (TPSA) is 96.1 Å². The lowest BCUT2D eigenvalue weighted by molar-refractivity contribution is -0.122. The van der Waals surface area contributed by atoms with Crippen LogP contribution >= 0.6 is 23.5 Å². The number of nitriles is 1. The van der Waals surface area contributed by atoms with Gasteiger partial charge >= 0.3 is 0 Å². The van der Waals surface area contributed by atoms with Crippen molar-refractivity contribution in [2.75, 3.05) is 18.9 Å². The molecule has 0 saturated carbocycles. The van der Waals surface area contributed by atoms with E-state index in [1.165, 1.54) is 40.1 Å². The fourth-order valence-corrected chi connectivity index (χ4v) is 6.45. The molecule has 5 rings (SSSR count). The summed E-state index contributed by atoms with van der Waals surface area (Å²) < 4.78 is 0. The van der Waals surface area contributed by atoms with Crippen molar-refractivity contribution in [2.45, 2.75) is 39.2 Å². The third kappa shape index (κ3) is 5.72. The third-order valence-corrected chi connectivity index (χ3v) is 8.33. The van der Waals surface area contributed by atoms with E-state index in [0.29, 0.717) is 22.2 Å². The number of hydrogen-bond acceptors (Lipinski definition) is 8. The Morgan fingerprint density at radius 1 is 1.17 bits per heavy atom. The van der Waals surface area contributed by atoms with E-state index in [1.54, 1.807) is 36.3 Å². The number of amides is 1. The minimum Gasteiger partial charge on any atom is -0.385 e. The number of allylic oxidation sites excluding steroid dienone is 2. The molecule has 1 saturated heterocycles. The van der Waals surface area contributed by atoms with E-state index in [0.717, 1.165) is 35.7 Å². The van der Waals surface area contributed by atoms with Crippen molar-refractivity contribution in [2.24, 2.45) is 0 Å². The van der Waals surface area contributed by atoms with Crippen molar-refractivity contribution < 1.29 is 4.79 Å². The molecule has 35 heavy (non-hydrogen) atoms. The van der Waals surface area contributed by atoms with E-state index in [9.17, 15) is 4.79 Å². The number of benzene rings is 1. The molecule has 1 amide bonds. The summed E-state index contributed by atoms with van der Waals surface area (Å²) in [7, 11) is 2.05. The number of hydrogen-bond donors (Lipinski definition) is 2. The van der Waals surface area contributed by atoms with Gasteiger partial charge in [0, 0.05) is 42.3 Å². The first kappa shape index (κ1) is 24.9. The summed E-state index contributed by atoms with van der Waals surface area (Å²) in [4.78, 5) is 22.8. The summed E-state index contributed by atoms with van der Waals surface area (Å²) in [6.45, 7) is 3.35. The molecule has 2 aromatic rings. The number of nitrogens with one attached hydrogen (secondary N) is 2. The van der Waals surface area contributed by atoms with E-state index < -0.39 is 0 Å². The van der Waals surface area contributed by atoms with Crippen LogP contribution in [0.5, 0.6) is 0 Å². The normalized spacial score (nSPS) is 19.3. The molecule has 2 aliphatic heterocycles. The molecule has 180 valence electrons. The van der Waals surface area contributed by atoms with Crippen LogP contribution in [-0.4, -0.2) is 39.5 Å². The van der Waals surface area contributed by atoms with Gasteiger partial charge < -0.3 is 10.2 Å². The zero-order valence-corrected chi connectivity index (χ0v) is 21.5. The molecule has 3 aliphatic rings. The van der Waals surface area contributed by atoms with Crippen molar-refractivity contribution >= 4 is 40.3 Å². The number of carbonyl (C=O) groups is 1. The zero-order chi connectivity index (χ0) is 24.8. The lowest BCUT2D eigenvalue weighted by Crippen LogP contribution is -2.28. The molecule has 0 atom stereocenters. The molecular formula is C26H28N6OS2. The van der Waals surface area contributed by atoms with Gasteiger partial charge in [-0.15, -0.1) is 0 Å². The van der Waals surface area contributed by atoms with Crippen molar-refractivity contribution in [1.82, 2.24) is 14.8 Å². The van der Waals surface area contributed by atoms with Gasteiger partial charge in [-0.1, -0.05) is 17.8 Å². The third-order valence-electron chi connectivity index (χ3n) is 5.85. The molecule has 7 nitrogen and oxygen atoms in total. The molecule has 1 aliphatic carbocycles. The lowest BCUT2D eigenvalue weighted by atomic mass is 10.0. The molecule has 1 aromatic carbocycles. The Hall–Kier alpha value is -3.22. The first-order valence-corrected chi connectivity index (χ1v) is 13.2. The van der Waals surface area contributed by atoms with Gasteiger partial charge in [-0.05, 0) is 80.3 Å². The summed E-state index contributed by atoms with van der Waals surface area (Å²) in [5.41, 5.74) is 4.06. The second-order valence-corrected chi connectivity index (χ2v) is 10.3. The van der Waals surface area contributed by atoms with Crippen LogP contribution in [0.1, 0.15) is 43.7 Å². The summed E-state index contributed by atoms with van der Waals surface area (Å²) >= 11 is 3.00. The smallest absolute Gasteiger partial charge is 0.269 e. The van der Waals surface area contributed by atoms with E-state index in [-0.39, 0.29) is 5.91 Å². The van der Waals surface area contributed by atoms with Gasteiger partial charge in [-0.25, -0.2) is 0 Å². The van der Waals surface area contributed by atoms with Crippen LogP contribution in [0.3, 0.4) is 0 Å². The molecule has 0 radical (unpaired) electrons. The maximum absolute atomic E-state index is 12.9. The Bertz CT molecular complexity index is 1200. The summed E-state index contributed by atoms with van der Waals surface area (Å²) in [6.07, 6.45) is 8.10. The number of nitrogens with zero attached hydrogens (tertiary/aromatic N) is 4. The van der Waals surface area contributed by atoms with E-state index in [4.69, 9.17) is 10.7 Å². The van der Waals surface area contributed by atoms with Gasteiger partial charge in [0.05, 0.1) is 23.2 Å².